The van der Waals surface area contributed by atoms with Crippen LogP contribution in [-0.2, 0) is 6.54 Å². The number of hydrogen-bond acceptors (Lipinski definition) is 4. The summed E-state index contributed by atoms with van der Waals surface area (Å²) in [6, 6.07) is 15.0. The fourth-order valence-corrected chi connectivity index (χ4v) is 3.12. The van der Waals surface area contributed by atoms with Gasteiger partial charge in [0.05, 0.1) is 7.11 Å². The van der Waals surface area contributed by atoms with Gasteiger partial charge in [-0.1, -0.05) is 24.3 Å². The van der Waals surface area contributed by atoms with E-state index in [9.17, 15) is 9.59 Å². The number of piperazine rings is 1. The number of ketones is 1. The van der Waals surface area contributed by atoms with Crippen LogP contribution in [0.3, 0.4) is 0 Å². The maximum atomic E-state index is 12.5. The van der Waals surface area contributed by atoms with Crippen molar-refractivity contribution < 1.29 is 14.3 Å². The van der Waals surface area contributed by atoms with Crippen LogP contribution >= 0.6 is 0 Å². The molecule has 0 aromatic heterocycles. The number of carbonyl (C=O) groups is 2. The second-order valence-corrected chi connectivity index (χ2v) is 6.68. The molecular weight excluding hydrogens is 342 g/mol. The number of ether oxygens (including phenoxy) is 1. The first kappa shape index (κ1) is 18.9. The van der Waals surface area contributed by atoms with Crippen LogP contribution in [0.2, 0.25) is 0 Å². The lowest BCUT2D eigenvalue weighted by molar-refractivity contribution is 0.101. The number of benzene rings is 2. The molecule has 0 aliphatic carbocycles. The first-order valence-corrected chi connectivity index (χ1v) is 9.07. The van der Waals surface area contributed by atoms with Crippen LogP contribution < -0.4 is 10.1 Å². The number of carbonyl (C=O) groups excluding carboxylic acids is 2. The molecule has 1 aliphatic heterocycles. The third kappa shape index (κ3) is 5.08. The number of amides is 2. The number of nitrogens with zero attached hydrogens (tertiary/aromatic N) is 2. The zero-order valence-corrected chi connectivity index (χ0v) is 15.8. The summed E-state index contributed by atoms with van der Waals surface area (Å²) in [4.78, 5) is 28.1. The van der Waals surface area contributed by atoms with E-state index in [1.807, 2.05) is 17.0 Å². The number of methoxy groups -OCH3 is 1. The Kier molecular flexibility index (Phi) is 6.08. The molecule has 1 aliphatic rings. The van der Waals surface area contributed by atoms with Crippen LogP contribution in [0.4, 0.5) is 10.5 Å². The van der Waals surface area contributed by atoms with Gasteiger partial charge in [-0.25, -0.2) is 4.79 Å². The van der Waals surface area contributed by atoms with Gasteiger partial charge in [0.2, 0.25) is 0 Å². The summed E-state index contributed by atoms with van der Waals surface area (Å²) in [5.41, 5.74) is 2.47. The van der Waals surface area contributed by atoms with Crippen molar-refractivity contribution in [2.45, 2.75) is 13.5 Å². The first-order valence-electron chi connectivity index (χ1n) is 9.07. The van der Waals surface area contributed by atoms with Gasteiger partial charge in [0.25, 0.3) is 0 Å². The third-order valence-electron chi connectivity index (χ3n) is 4.75. The van der Waals surface area contributed by atoms with E-state index < -0.39 is 0 Å². The number of anilines is 1. The molecule has 1 fully saturated rings. The van der Waals surface area contributed by atoms with E-state index in [4.69, 9.17) is 4.74 Å². The second-order valence-electron chi connectivity index (χ2n) is 6.68. The van der Waals surface area contributed by atoms with Crippen molar-refractivity contribution in [1.29, 1.82) is 0 Å². The Hall–Kier alpha value is -2.86. The molecule has 0 unspecified atom stereocenters. The minimum Gasteiger partial charge on any atom is -0.497 e. The molecule has 1 N–H and O–H groups in total. The average Bonchev–Trinajstić information content (AvgIpc) is 2.69. The monoisotopic (exact) mass is 367 g/mol. The van der Waals surface area contributed by atoms with Gasteiger partial charge in [0.15, 0.2) is 5.78 Å². The predicted molar refractivity (Wildman–Crippen MR) is 105 cm³/mol. The summed E-state index contributed by atoms with van der Waals surface area (Å²) in [5, 5.41) is 2.89. The number of hydrogen-bond donors (Lipinski definition) is 1. The van der Waals surface area contributed by atoms with E-state index in [1.165, 1.54) is 12.5 Å². The lowest BCUT2D eigenvalue weighted by atomic mass is 10.1. The zero-order valence-electron chi connectivity index (χ0n) is 15.8. The van der Waals surface area contributed by atoms with Gasteiger partial charge in [0.1, 0.15) is 5.75 Å². The summed E-state index contributed by atoms with van der Waals surface area (Å²) in [7, 11) is 1.66. The second kappa shape index (κ2) is 8.68. The fraction of sp³-hybridized carbons (Fsp3) is 0.333. The fourth-order valence-electron chi connectivity index (χ4n) is 3.12. The molecule has 2 aromatic rings. The number of rotatable bonds is 5. The highest BCUT2D eigenvalue weighted by Gasteiger charge is 2.21. The molecule has 0 bridgehead atoms. The highest BCUT2D eigenvalue weighted by molar-refractivity contribution is 5.96. The summed E-state index contributed by atoms with van der Waals surface area (Å²) in [6.07, 6.45) is 0. The van der Waals surface area contributed by atoms with E-state index in [2.05, 4.69) is 22.3 Å². The van der Waals surface area contributed by atoms with Crippen molar-refractivity contribution in [2.24, 2.45) is 0 Å². The van der Waals surface area contributed by atoms with Gasteiger partial charge in [-0.3, -0.25) is 9.69 Å². The highest BCUT2D eigenvalue weighted by atomic mass is 16.5. The normalized spacial score (nSPS) is 14.7. The van der Waals surface area contributed by atoms with Crippen LogP contribution in [0.15, 0.2) is 48.5 Å². The molecule has 27 heavy (non-hydrogen) atoms. The molecule has 0 spiro atoms. The van der Waals surface area contributed by atoms with E-state index in [0.717, 1.165) is 25.4 Å². The van der Waals surface area contributed by atoms with Crippen molar-refractivity contribution in [3.63, 3.8) is 0 Å². The third-order valence-corrected chi connectivity index (χ3v) is 4.75. The van der Waals surface area contributed by atoms with Crippen molar-refractivity contribution in [3.05, 3.63) is 59.7 Å². The van der Waals surface area contributed by atoms with E-state index in [-0.39, 0.29) is 11.8 Å². The van der Waals surface area contributed by atoms with E-state index >= 15 is 0 Å². The van der Waals surface area contributed by atoms with Crippen LogP contribution in [0.5, 0.6) is 5.75 Å². The Bertz CT molecular complexity index is 797. The highest BCUT2D eigenvalue weighted by Crippen LogP contribution is 2.15. The van der Waals surface area contributed by atoms with E-state index in [1.54, 1.807) is 31.4 Å². The van der Waals surface area contributed by atoms with Gasteiger partial charge in [-0.15, -0.1) is 0 Å². The zero-order chi connectivity index (χ0) is 19.2. The van der Waals surface area contributed by atoms with Gasteiger partial charge in [0, 0.05) is 44.0 Å². The molecule has 1 heterocycles. The summed E-state index contributed by atoms with van der Waals surface area (Å²) < 4.78 is 5.19. The largest absolute Gasteiger partial charge is 0.497 e. The van der Waals surface area contributed by atoms with Gasteiger partial charge < -0.3 is 15.0 Å². The molecule has 6 nitrogen and oxygen atoms in total. The van der Waals surface area contributed by atoms with Crippen LogP contribution in [0, 0.1) is 0 Å². The Morgan fingerprint density at radius 2 is 1.74 bits per heavy atom. The van der Waals surface area contributed by atoms with Gasteiger partial charge >= 0.3 is 6.03 Å². The standard InChI is InChI=1S/C21H25N3O3/c1-16(25)18-4-3-5-19(14-18)22-21(26)24-12-10-23(11-13-24)15-17-6-8-20(27-2)9-7-17/h3-9,14H,10-13,15H2,1-2H3,(H,22,26). The molecular formula is C21H25N3O3. The number of Topliss-reactive ketones (excluding diaryl/α,β-unsaturated/α-hetero) is 1. The molecule has 0 atom stereocenters. The minimum atomic E-state index is -0.125. The smallest absolute Gasteiger partial charge is 0.321 e. The molecule has 2 aromatic carbocycles. The first-order chi connectivity index (χ1) is 13.0. The van der Waals surface area contributed by atoms with Crippen LogP contribution in [0.1, 0.15) is 22.8 Å². The molecule has 2 amide bonds. The van der Waals surface area contributed by atoms with Gasteiger partial charge in [-0.2, -0.15) is 0 Å². The number of nitrogens with one attached hydrogen (secondary N) is 1. The van der Waals surface area contributed by atoms with Crippen LogP contribution in [0.25, 0.3) is 0 Å². The lowest BCUT2D eigenvalue weighted by Crippen LogP contribution is -2.49. The van der Waals surface area contributed by atoms with Crippen LogP contribution in [-0.4, -0.2) is 54.9 Å². The van der Waals surface area contributed by atoms with Gasteiger partial charge in [-0.05, 0) is 36.8 Å². The Labute approximate surface area is 159 Å². The molecule has 0 radical (unpaired) electrons. The number of urea groups is 1. The van der Waals surface area contributed by atoms with Crippen molar-refractivity contribution >= 4 is 17.5 Å². The van der Waals surface area contributed by atoms with Crippen molar-refractivity contribution in [2.75, 3.05) is 38.6 Å². The molecule has 6 heteroatoms. The lowest BCUT2D eigenvalue weighted by Gasteiger charge is -2.34. The van der Waals surface area contributed by atoms with Crippen molar-refractivity contribution in [3.8, 4) is 5.75 Å². The predicted octanol–water partition coefficient (Wildman–Crippen LogP) is 3.25. The maximum absolute atomic E-state index is 12.5. The van der Waals surface area contributed by atoms with E-state index in [0.29, 0.717) is 24.3 Å². The summed E-state index contributed by atoms with van der Waals surface area (Å²) in [6.45, 7) is 5.38. The quantitative estimate of drug-likeness (QED) is 0.824. The SMILES string of the molecule is COc1ccc(CN2CCN(C(=O)Nc3cccc(C(C)=O)c3)CC2)cc1. The molecule has 0 saturated carbocycles. The Morgan fingerprint density at radius 3 is 2.37 bits per heavy atom. The molecule has 3 rings (SSSR count). The topological polar surface area (TPSA) is 61.9 Å². The summed E-state index contributed by atoms with van der Waals surface area (Å²) >= 11 is 0. The maximum Gasteiger partial charge on any atom is 0.321 e. The molecule has 142 valence electrons. The minimum absolute atomic E-state index is 0.0155. The Balaban J connectivity index is 1.50. The Morgan fingerprint density at radius 1 is 1.04 bits per heavy atom. The average molecular weight is 367 g/mol. The summed E-state index contributed by atoms with van der Waals surface area (Å²) in [5.74, 6) is 0.840. The van der Waals surface area contributed by atoms with Crippen molar-refractivity contribution in [1.82, 2.24) is 9.80 Å². The molecule has 1 saturated heterocycles.